The maximum Gasteiger partial charge on any atom is 0.0166 e. The molecule has 1 atom stereocenters. The molecule has 1 saturated carbocycles. The molecule has 82 valence electrons. The van der Waals surface area contributed by atoms with E-state index in [-0.39, 0.29) is 0 Å². The molecule has 1 saturated heterocycles. The predicted octanol–water partition coefficient (Wildman–Crippen LogP) is 1.86. The number of hydrogen-bond acceptors (Lipinski definition) is 2. The topological polar surface area (TPSA) is 15.3 Å². The third-order valence-electron chi connectivity index (χ3n) is 3.71. The highest BCUT2D eigenvalue weighted by molar-refractivity contribution is 4.76. The van der Waals surface area contributed by atoms with Crippen LogP contribution in [0, 0.1) is 5.92 Å². The highest BCUT2D eigenvalue weighted by Crippen LogP contribution is 2.25. The van der Waals surface area contributed by atoms with Crippen molar-refractivity contribution in [3.05, 3.63) is 0 Å². The van der Waals surface area contributed by atoms with E-state index in [1.165, 1.54) is 58.3 Å². The lowest BCUT2D eigenvalue weighted by Gasteiger charge is -2.28. The van der Waals surface area contributed by atoms with Crippen molar-refractivity contribution in [3.63, 3.8) is 0 Å². The molecule has 1 unspecified atom stereocenters. The van der Waals surface area contributed by atoms with Gasteiger partial charge in [0, 0.05) is 12.6 Å². The van der Waals surface area contributed by atoms with Gasteiger partial charge >= 0.3 is 0 Å². The maximum atomic E-state index is 3.67. The van der Waals surface area contributed by atoms with Crippen LogP contribution in [0.25, 0.3) is 0 Å². The first-order valence-corrected chi connectivity index (χ1v) is 6.30. The monoisotopic (exact) mass is 196 g/mol. The molecule has 0 amide bonds. The van der Waals surface area contributed by atoms with Crippen molar-refractivity contribution in [2.75, 3.05) is 26.2 Å². The van der Waals surface area contributed by atoms with Gasteiger partial charge in [0.1, 0.15) is 0 Å². The quantitative estimate of drug-likeness (QED) is 0.722. The van der Waals surface area contributed by atoms with E-state index in [4.69, 9.17) is 0 Å². The van der Waals surface area contributed by atoms with E-state index in [0.29, 0.717) is 6.04 Å². The molecule has 0 bridgehead atoms. The molecule has 0 aromatic heterocycles. The van der Waals surface area contributed by atoms with E-state index in [2.05, 4.69) is 17.1 Å². The largest absolute Gasteiger partial charge is 0.313 e. The minimum Gasteiger partial charge on any atom is -0.313 e. The summed E-state index contributed by atoms with van der Waals surface area (Å²) in [6.07, 6.45) is 7.21. The van der Waals surface area contributed by atoms with Crippen LogP contribution in [0.1, 0.15) is 39.0 Å². The van der Waals surface area contributed by atoms with Gasteiger partial charge < -0.3 is 10.2 Å². The summed E-state index contributed by atoms with van der Waals surface area (Å²) < 4.78 is 0. The van der Waals surface area contributed by atoms with Gasteiger partial charge in [-0.3, -0.25) is 0 Å². The molecule has 1 aliphatic heterocycles. The van der Waals surface area contributed by atoms with Gasteiger partial charge in [-0.2, -0.15) is 0 Å². The Morgan fingerprint density at radius 3 is 2.50 bits per heavy atom. The van der Waals surface area contributed by atoms with Crippen LogP contribution in [-0.2, 0) is 0 Å². The van der Waals surface area contributed by atoms with E-state index < -0.39 is 0 Å². The summed E-state index contributed by atoms with van der Waals surface area (Å²) in [5.41, 5.74) is 0. The van der Waals surface area contributed by atoms with Crippen LogP contribution in [0.2, 0.25) is 0 Å². The smallest absolute Gasteiger partial charge is 0.0166 e. The van der Waals surface area contributed by atoms with Crippen molar-refractivity contribution in [3.8, 4) is 0 Å². The Morgan fingerprint density at radius 1 is 1.21 bits per heavy atom. The molecule has 2 nitrogen and oxygen atoms in total. The predicted molar refractivity (Wildman–Crippen MR) is 60.5 cm³/mol. The van der Waals surface area contributed by atoms with Crippen molar-refractivity contribution < 1.29 is 0 Å². The van der Waals surface area contributed by atoms with Crippen molar-refractivity contribution >= 4 is 0 Å². The molecule has 1 aliphatic carbocycles. The summed E-state index contributed by atoms with van der Waals surface area (Å²) in [7, 11) is 0. The molecular formula is C12H24N2. The third kappa shape index (κ3) is 2.96. The van der Waals surface area contributed by atoms with Gasteiger partial charge in [0.05, 0.1) is 0 Å². The second-order valence-electron chi connectivity index (χ2n) is 5.11. The van der Waals surface area contributed by atoms with Crippen LogP contribution in [-0.4, -0.2) is 37.1 Å². The molecular weight excluding hydrogens is 172 g/mol. The first-order chi connectivity index (χ1) is 6.84. The summed E-state index contributed by atoms with van der Waals surface area (Å²) in [5.74, 6) is 0.996. The normalized spacial score (nSPS) is 26.4. The van der Waals surface area contributed by atoms with Gasteiger partial charge in [-0.15, -0.1) is 0 Å². The summed E-state index contributed by atoms with van der Waals surface area (Å²) in [5, 5.41) is 3.67. The minimum absolute atomic E-state index is 0.689. The van der Waals surface area contributed by atoms with Crippen LogP contribution < -0.4 is 5.32 Å². The molecule has 2 aliphatic rings. The lowest BCUT2D eigenvalue weighted by molar-refractivity contribution is 0.259. The molecule has 0 radical (unpaired) electrons. The third-order valence-corrected chi connectivity index (χ3v) is 3.71. The van der Waals surface area contributed by atoms with Gasteiger partial charge in [-0.25, -0.2) is 0 Å². The fourth-order valence-corrected chi connectivity index (χ4v) is 2.48. The maximum absolute atomic E-state index is 3.67. The van der Waals surface area contributed by atoms with Crippen LogP contribution >= 0.6 is 0 Å². The van der Waals surface area contributed by atoms with Gasteiger partial charge in [-0.1, -0.05) is 6.42 Å². The fraction of sp³-hybridized carbons (Fsp3) is 1.00. The second kappa shape index (κ2) is 5.13. The van der Waals surface area contributed by atoms with Gasteiger partial charge in [-0.05, 0) is 58.2 Å². The fourth-order valence-electron chi connectivity index (χ4n) is 2.48. The molecule has 1 heterocycles. The first-order valence-electron chi connectivity index (χ1n) is 6.30. The Morgan fingerprint density at radius 2 is 1.93 bits per heavy atom. The minimum atomic E-state index is 0.689. The highest BCUT2D eigenvalue weighted by Gasteiger charge is 2.19. The molecule has 2 heteroatoms. The van der Waals surface area contributed by atoms with Crippen molar-refractivity contribution in [2.24, 2.45) is 5.92 Å². The molecule has 0 aromatic rings. The zero-order chi connectivity index (χ0) is 9.80. The number of likely N-dealkylation sites (tertiary alicyclic amines) is 1. The average Bonchev–Trinajstić information content (AvgIpc) is 2.54. The van der Waals surface area contributed by atoms with Crippen LogP contribution in [0.5, 0.6) is 0 Å². The first kappa shape index (κ1) is 10.4. The average molecular weight is 196 g/mol. The molecule has 2 rings (SSSR count). The van der Waals surface area contributed by atoms with E-state index in [1.807, 2.05) is 0 Å². The van der Waals surface area contributed by atoms with Crippen molar-refractivity contribution in [1.82, 2.24) is 10.2 Å². The van der Waals surface area contributed by atoms with Crippen LogP contribution in [0.3, 0.4) is 0 Å². The van der Waals surface area contributed by atoms with Crippen LogP contribution in [0.4, 0.5) is 0 Å². The molecule has 2 fully saturated rings. The molecule has 0 spiro atoms. The number of rotatable bonds is 5. The summed E-state index contributed by atoms with van der Waals surface area (Å²) in [4.78, 5) is 2.60. The summed E-state index contributed by atoms with van der Waals surface area (Å²) in [6, 6.07) is 0.689. The lowest BCUT2D eigenvalue weighted by atomic mass is 9.85. The Kier molecular flexibility index (Phi) is 3.82. The number of nitrogens with zero attached hydrogens (tertiary/aromatic N) is 1. The molecule has 1 N–H and O–H groups in total. The van der Waals surface area contributed by atoms with E-state index in [1.54, 1.807) is 0 Å². The standard InChI is InChI=1S/C12H24N2/c1-11(10-14-7-2-3-8-14)13-9-12-5-4-6-12/h11-13H,2-10H2,1H3. The van der Waals surface area contributed by atoms with E-state index in [9.17, 15) is 0 Å². The Labute approximate surface area is 88.1 Å². The van der Waals surface area contributed by atoms with Crippen LogP contribution in [0.15, 0.2) is 0 Å². The van der Waals surface area contributed by atoms with E-state index >= 15 is 0 Å². The van der Waals surface area contributed by atoms with Gasteiger partial charge in [0.2, 0.25) is 0 Å². The zero-order valence-corrected chi connectivity index (χ0v) is 9.47. The highest BCUT2D eigenvalue weighted by atomic mass is 15.2. The lowest BCUT2D eigenvalue weighted by Crippen LogP contribution is -2.41. The van der Waals surface area contributed by atoms with Gasteiger partial charge in [0.15, 0.2) is 0 Å². The van der Waals surface area contributed by atoms with Crippen molar-refractivity contribution in [1.29, 1.82) is 0 Å². The molecule has 14 heavy (non-hydrogen) atoms. The Bertz CT molecular complexity index is 160. The Balaban J connectivity index is 1.55. The summed E-state index contributed by atoms with van der Waals surface area (Å²) >= 11 is 0. The zero-order valence-electron chi connectivity index (χ0n) is 9.47. The number of nitrogens with one attached hydrogen (secondary N) is 1. The second-order valence-corrected chi connectivity index (χ2v) is 5.11. The number of hydrogen-bond donors (Lipinski definition) is 1. The molecule has 0 aromatic carbocycles. The van der Waals surface area contributed by atoms with E-state index in [0.717, 1.165) is 5.92 Å². The SMILES string of the molecule is CC(CN1CCCC1)NCC1CCC1. The summed E-state index contributed by atoms with van der Waals surface area (Å²) in [6.45, 7) is 7.50. The Hall–Kier alpha value is -0.0800. The van der Waals surface area contributed by atoms with Gasteiger partial charge in [0.25, 0.3) is 0 Å². The van der Waals surface area contributed by atoms with Crippen molar-refractivity contribution in [2.45, 2.75) is 45.1 Å².